The highest BCUT2D eigenvalue weighted by Gasteiger charge is 2.24. The third kappa shape index (κ3) is 3.30. The summed E-state index contributed by atoms with van der Waals surface area (Å²) < 4.78 is 4.94. The molecule has 0 spiro atoms. The Bertz CT molecular complexity index is 381. The predicted octanol–water partition coefficient (Wildman–Crippen LogP) is 1.12. The standard InChI is InChI=1S/C12H19N3O2/c1-8-6-11(15-17-8)7-14-12(16)9-2-4-10(13)5-3-9/h6,9-10H,2-5,7,13H2,1H3,(H,14,16). The molecular formula is C12H19N3O2. The lowest BCUT2D eigenvalue weighted by Crippen LogP contribution is -2.36. The summed E-state index contributed by atoms with van der Waals surface area (Å²) in [5.74, 6) is 0.984. The zero-order valence-electron chi connectivity index (χ0n) is 10.1. The van der Waals surface area contributed by atoms with Crippen molar-refractivity contribution in [2.75, 3.05) is 0 Å². The molecular weight excluding hydrogens is 218 g/mol. The van der Waals surface area contributed by atoms with E-state index >= 15 is 0 Å². The van der Waals surface area contributed by atoms with E-state index in [0.717, 1.165) is 37.1 Å². The number of nitrogens with two attached hydrogens (primary N) is 1. The summed E-state index contributed by atoms with van der Waals surface area (Å²) in [5.41, 5.74) is 6.58. The topological polar surface area (TPSA) is 81.2 Å². The van der Waals surface area contributed by atoms with Crippen LogP contribution < -0.4 is 11.1 Å². The molecule has 5 heteroatoms. The molecule has 1 aliphatic rings. The number of aromatic nitrogens is 1. The zero-order chi connectivity index (χ0) is 12.3. The van der Waals surface area contributed by atoms with Gasteiger partial charge in [-0.3, -0.25) is 4.79 Å². The Morgan fingerprint density at radius 3 is 2.82 bits per heavy atom. The number of carbonyl (C=O) groups excluding carboxylic acids is 1. The molecule has 1 saturated carbocycles. The van der Waals surface area contributed by atoms with E-state index in [0.29, 0.717) is 6.54 Å². The van der Waals surface area contributed by atoms with E-state index in [4.69, 9.17) is 10.3 Å². The molecule has 0 aliphatic heterocycles. The molecule has 2 rings (SSSR count). The number of nitrogens with one attached hydrogen (secondary N) is 1. The smallest absolute Gasteiger partial charge is 0.223 e. The maximum Gasteiger partial charge on any atom is 0.223 e. The fourth-order valence-electron chi connectivity index (χ4n) is 2.20. The fraction of sp³-hybridized carbons (Fsp3) is 0.667. The van der Waals surface area contributed by atoms with Crippen molar-refractivity contribution in [3.8, 4) is 0 Å². The molecule has 1 amide bonds. The van der Waals surface area contributed by atoms with Crippen molar-refractivity contribution in [1.29, 1.82) is 0 Å². The van der Waals surface area contributed by atoms with E-state index in [2.05, 4.69) is 10.5 Å². The van der Waals surface area contributed by atoms with Gasteiger partial charge in [0.15, 0.2) is 0 Å². The second kappa shape index (κ2) is 5.31. The lowest BCUT2D eigenvalue weighted by molar-refractivity contribution is -0.126. The first-order chi connectivity index (χ1) is 8.15. The monoisotopic (exact) mass is 237 g/mol. The summed E-state index contributed by atoms with van der Waals surface area (Å²) in [6.07, 6.45) is 3.68. The zero-order valence-corrected chi connectivity index (χ0v) is 10.1. The van der Waals surface area contributed by atoms with Crippen LogP contribution in [0.4, 0.5) is 0 Å². The Hall–Kier alpha value is -1.36. The Kier molecular flexibility index (Phi) is 3.78. The molecule has 1 aliphatic carbocycles. The first-order valence-corrected chi connectivity index (χ1v) is 6.10. The molecule has 1 heterocycles. The Morgan fingerprint density at radius 2 is 2.24 bits per heavy atom. The summed E-state index contributed by atoms with van der Waals surface area (Å²) in [7, 11) is 0. The van der Waals surface area contributed by atoms with Gasteiger partial charge < -0.3 is 15.6 Å². The molecule has 0 radical (unpaired) electrons. The van der Waals surface area contributed by atoms with Gasteiger partial charge in [-0.1, -0.05) is 5.16 Å². The second-order valence-electron chi connectivity index (χ2n) is 4.76. The van der Waals surface area contributed by atoms with Crippen molar-refractivity contribution in [1.82, 2.24) is 10.5 Å². The lowest BCUT2D eigenvalue weighted by atomic mass is 9.86. The van der Waals surface area contributed by atoms with Crippen LogP contribution in [0.15, 0.2) is 10.6 Å². The second-order valence-corrected chi connectivity index (χ2v) is 4.76. The molecule has 0 aromatic carbocycles. The number of amides is 1. The van der Waals surface area contributed by atoms with Gasteiger partial charge in [0.05, 0.1) is 6.54 Å². The molecule has 0 unspecified atom stereocenters. The van der Waals surface area contributed by atoms with Gasteiger partial charge in [0.25, 0.3) is 0 Å². The van der Waals surface area contributed by atoms with Gasteiger partial charge >= 0.3 is 0 Å². The molecule has 0 saturated heterocycles. The molecule has 1 aromatic heterocycles. The number of hydrogen-bond acceptors (Lipinski definition) is 4. The summed E-state index contributed by atoms with van der Waals surface area (Å²) >= 11 is 0. The average Bonchev–Trinajstić information content (AvgIpc) is 2.73. The third-order valence-electron chi connectivity index (χ3n) is 3.26. The average molecular weight is 237 g/mol. The minimum atomic E-state index is 0.109. The van der Waals surface area contributed by atoms with Crippen molar-refractivity contribution in [3.05, 3.63) is 17.5 Å². The molecule has 17 heavy (non-hydrogen) atoms. The SMILES string of the molecule is Cc1cc(CNC(=O)C2CCC(N)CC2)no1. The molecule has 1 fully saturated rings. The summed E-state index contributed by atoms with van der Waals surface area (Å²) in [4.78, 5) is 11.9. The van der Waals surface area contributed by atoms with Crippen molar-refractivity contribution >= 4 is 5.91 Å². The molecule has 0 atom stereocenters. The largest absolute Gasteiger partial charge is 0.361 e. The van der Waals surface area contributed by atoms with Gasteiger partial charge in [0.2, 0.25) is 5.91 Å². The molecule has 3 N–H and O–H groups in total. The number of hydrogen-bond donors (Lipinski definition) is 2. The molecule has 94 valence electrons. The normalized spacial score (nSPS) is 24.6. The maximum absolute atomic E-state index is 11.9. The first-order valence-electron chi connectivity index (χ1n) is 6.10. The van der Waals surface area contributed by atoms with Crippen LogP contribution >= 0.6 is 0 Å². The summed E-state index contributed by atoms with van der Waals surface area (Å²) in [6.45, 7) is 2.28. The van der Waals surface area contributed by atoms with Gasteiger partial charge in [0, 0.05) is 18.0 Å². The number of aryl methyl sites for hydroxylation is 1. The Morgan fingerprint density at radius 1 is 1.53 bits per heavy atom. The van der Waals surface area contributed by atoms with E-state index in [1.807, 2.05) is 13.0 Å². The van der Waals surface area contributed by atoms with Crippen LogP contribution in [-0.2, 0) is 11.3 Å². The molecule has 5 nitrogen and oxygen atoms in total. The number of rotatable bonds is 3. The fourth-order valence-corrected chi connectivity index (χ4v) is 2.20. The van der Waals surface area contributed by atoms with Crippen LogP contribution in [0.3, 0.4) is 0 Å². The van der Waals surface area contributed by atoms with E-state index < -0.39 is 0 Å². The minimum Gasteiger partial charge on any atom is -0.361 e. The Balaban J connectivity index is 1.77. The molecule has 0 bridgehead atoms. The number of carbonyl (C=O) groups is 1. The molecule has 1 aromatic rings. The van der Waals surface area contributed by atoms with Crippen molar-refractivity contribution in [2.45, 2.75) is 45.2 Å². The van der Waals surface area contributed by atoms with Gasteiger partial charge in [-0.15, -0.1) is 0 Å². The van der Waals surface area contributed by atoms with Gasteiger partial charge in [-0.25, -0.2) is 0 Å². The predicted molar refractivity (Wildman–Crippen MR) is 63.0 cm³/mol. The van der Waals surface area contributed by atoms with Crippen LogP contribution in [0.2, 0.25) is 0 Å². The van der Waals surface area contributed by atoms with Crippen LogP contribution in [0.5, 0.6) is 0 Å². The van der Waals surface area contributed by atoms with Crippen molar-refractivity contribution in [3.63, 3.8) is 0 Å². The van der Waals surface area contributed by atoms with E-state index in [1.165, 1.54) is 0 Å². The third-order valence-corrected chi connectivity index (χ3v) is 3.26. The van der Waals surface area contributed by atoms with Crippen molar-refractivity contribution in [2.24, 2.45) is 11.7 Å². The van der Waals surface area contributed by atoms with Crippen LogP contribution in [0.25, 0.3) is 0 Å². The van der Waals surface area contributed by atoms with E-state index in [-0.39, 0.29) is 17.9 Å². The van der Waals surface area contributed by atoms with Gasteiger partial charge in [0.1, 0.15) is 11.5 Å². The summed E-state index contributed by atoms with van der Waals surface area (Å²) in [5, 5.41) is 6.73. The van der Waals surface area contributed by atoms with E-state index in [1.54, 1.807) is 0 Å². The van der Waals surface area contributed by atoms with E-state index in [9.17, 15) is 4.79 Å². The van der Waals surface area contributed by atoms with Gasteiger partial charge in [-0.05, 0) is 32.6 Å². The first kappa shape index (κ1) is 12.1. The number of nitrogens with zero attached hydrogens (tertiary/aromatic N) is 1. The highest BCUT2D eigenvalue weighted by Crippen LogP contribution is 2.23. The minimum absolute atomic E-state index is 0.109. The highest BCUT2D eigenvalue weighted by molar-refractivity contribution is 5.78. The van der Waals surface area contributed by atoms with Crippen LogP contribution in [-0.4, -0.2) is 17.1 Å². The van der Waals surface area contributed by atoms with Gasteiger partial charge in [-0.2, -0.15) is 0 Å². The summed E-state index contributed by atoms with van der Waals surface area (Å²) in [6, 6.07) is 2.11. The lowest BCUT2D eigenvalue weighted by Gasteiger charge is -2.24. The Labute approximate surface area is 101 Å². The van der Waals surface area contributed by atoms with Crippen LogP contribution in [0, 0.1) is 12.8 Å². The highest BCUT2D eigenvalue weighted by atomic mass is 16.5. The maximum atomic E-state index is 11.9. The quantitative estimate of drug-likeness (QED) is 0.825. The van der Waals surface area contributed by atoms with Crippen LogP contribution in [0.1, 0.15) is 37.1 Å². The van der Waals surface area contributed by atoms with Crippen molar-refractivity contribution < 1.29 is 9.32 Å².